The van der Waals surface area contributed by atoms with Crippen LogP contribution in [0.5, 0.6) is 5.75 Å². The van der Waals surface area contributed by atoms with E-state index < -0.39 is 0 Å². The lowest BCUT2D eigenvalue weighted by Gasteiger charge is -2.22. The van der Waals surface area contributed by atoms with Crippen molar-refractivity contribution < 1.29 is 13.9 Å². The molecule has 1 N–H and O–H groups in total. The molecule has 0 aliphatic heterocycles. The van der Waals surface area contributed by atoms with E-state index in [2.05, 4.69) is 5.32 Å². The van der Waals surface area contributed by atoms with Crippen molar-refractivity contribution in [1.29, 1.82) is 0 Å². The molecule has 1 amide bonds. The van der Waals surface area contributed by atoms with Gasteiger partial charge >= 0.3 is 0 Å². The fourth-order valence-corrected chi connectivity index (χ4v) is 2.35. The maximum absolute atomic E-state index is 12.1. The van der Waals surface area contributed by atoms with Crippen LogP contribution in [0.2, 0.25) is 0 Å². The summed E-state index contributed by atoms with van der Waals surface area (Å²) in [7, 11) is 3.90. The Labute approximate surface area is 142 Å². The van der Waals surface area contributed by atoms with Crippen LogP contribution in [0, 0.1) is 0 Å². The number of amides is 1. The predicted octanol–water partition coefficient (Wildman–Crippen LogP) is 3.11. The molecule has 0 fully saturated rings. The topological polar surface area (TPSA) is 54.7 Å². The number of nitrogens with one attached hydrogen (secondary N) is 1. The van der Waals surface area contributed by atoms with Crippen molar-refractivity contribution in [3.63, 3.8) is 0 Å². The van der Waals surface area contributed by atoms with E-state index >= 15 is 0 Å². The molecule has 0 aliphatic carbocycles. The maximum Gasteiger partial charge on any atom is 0.244 e. The van der Waals surface area contributed by atoms with Crippen LogP contribution in [-0.4, -0.2) is 38.1 Å². The first-order valence-corrected chi connectivity index (χ1v) is 7.99. The van der Waals surface area contributed by atoms with E-state index in [1.165, 1.54) is 6.08 Å². The second kappa shape index (κ2) is 8.93. The Bertz CT molecular complexity index is 663. The first kappa shape index (κ1) is 17.8. The van der Waals surface area contributed by atoms with E-state index in [1.54, 1.807) is 12.3 Å². The number of carbonyl (C=O) groups excluding carboxylic acids is 1. The molecule has 0 bridgehead atoms. The third-order valence-corrected chi connectivity index (χ3v) is 3.60. The average Bonchev–Trinajstić information content (AvgIpc) is 3.08. The van der Waals surface area contributed by atoms with Gasteiger partial charge in [-0.2, -0.15) is 0 Å². The van der Waals surface area contributed by atoms with Crippen LogP contribution < -0.4 is 10.1 Å². The number of hydrogen-bond donors (Lipinski definition) is 1. The van der Waals surface area contributed by atoms with Gasteiger partial charge in [0, 0.05) is 18.2 Å². The van der Waals surface area contributed by atoms with Crippen LogP contribution >= 0.6 is 0 Å². The van der Waals surface area contributed by atoms with Gasteiger partial charge in [0.05, 0.1) is 18.9 Å². The molecule has 2 aromatic rings. The standard InChI is InChI=1S/C19H24N2O3/c1-4-23-17-9-6-5-8-15(17)11-12-19(22)20-14-16(21(2)3)18-10-7-13-24-18/h5-13,16H,4,14H2,1-3H3,(H,20,22)/b12-11+. The molecule has 1 aromatic carbocycles. The van der Waals surface area contributed by atoms with Gasteiger partial charge in [0.1, 0.15) is 11.5 Å². The van der Waals surface area contributed by atoms with Gasteiger partial charge in [-0.1, -0.05) is 18.2 Å². The van der Waals surface area contributed by atoms with Gasteiger partial charge < -0.3 is 14.5 Å². The van der Waals surface area contributed by atoms with E-state index in [0.717, 1.165) is 17.1 Å². The Morgan fingerprint density at radius 3 is 2.75 bits per heavy atom. The number of rotatable bonds is 8. The van der Waals surface area contributed by atoms with Gasteiger partial charge in [-0.25, -0.2) is 0 Å². The van der Waals surface area contributed by atoms with Crippen LogP contribution in [-0.2, 0) is 4.79 Å². The molecule has 1 unspecified atom stereocenters. The van der Waals surface area contributed by atoms with E-state index in [9.17, 15) is 4.79 Å². The minimum absolute atomic E-state index is 0.00643. The third kappa shape index (κ3) is 4.99. The van der Waals surface area contributed by atoms with Gasteiger partial charge in [0.2, 0.25) is 5.91 Å². The van der Waals surface area contributed by atoms with Crippen LogP contribution in [0.3, 0.4) is 0 Å². The molecular weight excluding hydrogens is 304 g/mol. The summed E-state index contributed by atoms with van der Waals surface area (Å²) in [6, 6.07) is 11.4. The highest BCUT2D eigenvalue weighted by molar-refractivity contribution is 5.92. The smallest absolute Gasteiger partial charge is 0.244 e. The molecule has 0 saturated heterocycles. The SMILES string of the molecule is CCOc1ccccc1/C=C/C(=O)NCC(c1ccco1)N(C)C. The molecule has 24 heavy (non-hydrogen) atoms. The number of ether oxygens (including phenoxy) is 1. The van der Waals surface area contributed by atoms with Crippen molar-refractivity contribution in [2.24, 2.45) is 0 Å². The van der Waals surface area contributed by atoms with Gasteiger partial charge in [-0.15, -0.1) is 0 Å². The summed E-state index contributed by atoms with van der Waals surface area (Å²) in [5.74, 6) is 1.44. The van der Waals surface area contributed by atoms with E-state index in [-0.39, 0.29) is 11.9 Å². The highest BCUT2D eigenvalue weighted by Gasteiger charge is 2.17. The monoisotopic (exact) mass is 328 g/mol. The zero-order chi connectivity index (χ0) is 17.4. The summed E-state index contributed by atoms with van der Waals surface area (Å²) in [4.78, 5) is 14.1. The second-order valence-corrected chi connectivity index (χ2v) is 5.54. The van der Waals surface area contributed by atoms with Gasteiger partial charge in [0.25, 0.3) is 0 Å². The van der Waals surface area contributed by atoms with Gasteiger partial charge in [-0.3, -0.25) is 9.69 Å². The number of para-hydroxylation sites is 1. The Balaban J connectivity index is 1.95. The summed E-state index contributed by atoms with van der Waals surface area (Å²) in [5, 5.41) is 2.91. The summed E-state index contributed by atoms with van der Waals surface area (Å²) in [6.45, 7) is 2.99. The zero-order valence-electron chi connectivity index (χ0n) is 14.4. The van der Waals surface area contributed by atoms with E-state index in [0.29, 0.717) is 13.2 Å². The molecule has 0 aliphatic rings. The van der Waals surface area contributed by atoms with Crippen molar-refractivity contribution in [2.75, 3.05) is 27.2 Å². The van der Waals surface area contributed by atoms with Crippen molar-refractivity contribution in [3.8, 4) is 5.75 Å². The van der Waals surface area contributed by atoms with Crippen LogP contribution in [0.4, 0.5) is 0 Å². The Morgan fingerprint density at radius 1 is 1.29 bits per heavy atom. The fourth-order valence-electron chi connectivity index (χ4n) is 2.35. The normalized spacial score (nSPS) is 12.5. The summed E-state index contributed by atoms with van der Waals surface area (Å²) >= 11 is 0. The summed E-state index contributed by atoms with van der Waals surface area (Å²) in [5.41, 5.74) is 0.879. The van der Waals surface area contributed by atoms with Crippen LogP contribution in [0.25, 0.3) is 6.08 Å². The second-order valence-electron chi connectivity index (χ2n) is 5.54. The first-order valence-electron chi connectivity index (χ1n) is 7.99. The van der Waals surface area contributed by atoms with E-state index in [4.69, 9.17) is 9.15 Å². The molecule has 0 saturated carbocycles. The Hall–Kier alpha value is -2.53. The summed E-state index contributed by atoms with van der Waals surface area (Å²) in [6.07, 6.45) is 4.92. The third-order valence-electron chi connectivity index (χ3n) is 3.60. The number of furan rings is 1. The molecule has 2 rings (SSSR count). The molecule has 0 spiro atoms. The maximum atomic E-state index is 12.1. The van der Waals surface area contributed by atoms with Crippen molar-refractivity contribution in [1.82, 2.24) is 10.2 Å². The Morgan fingerprint density at radius 2 is 2.08 bits per heavy atom. The number of nitrogens with zero attached hydrogens (tertiary/aromatic N) is 1. The summed E-state index contributed by atoms with van der Waals surface area (Å²) < 4.78 is 11.0. The highest BCUT2D eigenvalue weighted by Crippen LogP contribution is 2.19. The average molecular weight is 328 g/mol. The molecule has 0 radical (unpaired) electrons. The molecule has 5 nitrogen and oxygen atoms in total. The number of likely N-dealkylation sites (N-methyl/N-ethyl adjacent to an activating group) is 1. The molecular formula is C19H24N2O3. The highest BCUT2D eigenvalue weighted by atomic mass is 16.5. The predicted molar refractivity (Wildman–Crippen MR) is 94.8 cm³/mol. The molecule has 1 atom stereocenters. The van der Waals surface area contributed by atoms with E-state index in [1.807, 2.05) is 62.3 Å². The molecule has 1 aromatic heterocycles. The number of benzene rings is 1. The molecule has 5 heteroatoms. The van der Waals surface area contributed by atoms with Gasteiger partial charge in [0.15, 0.2) is 0 Å². The van der Waals surface area contributed by atoms with Crippen molar-refractivity contribution >= 4 is 12.0 Å². The van der Waals surface area contributed by atoms with Crippen molar-refractivity contribution in [3.05, 3.63) is 60.1 Å². The minimum atomic E-state index is -0.153. The number of hydrogen-bond acceptors (Lipinski definition) is 4. The lowest BCUT2D eigenvalue weighted by molar-refractivity contribution is -0.116. The van der Waals surface area contributed by atoms with Gasteiger partial charge in [-0.05, 0) is 45.3 Å². The lowest BCUT2D eigenvalue weighted by atomic mass is 10.2. The molecule has 1 heterocycles. The fraction of sp³-hybridized carbons (Fsp3) is 0.316. The lowest BCUT2D eigenvalue weighted by Crippen LogP contribution is -2.33. The van der Waals surface area contributed by atoms with Crippen LogP contribution in [0.1, 0.15) is 24.3 Å². The Kier molecular flexibility index (Phi) is 6.63. The number of carbonyl (C=O) groups is 1. The van der Waals surface area contributed by atoms with Crippen molar-refractivity contribution in [2.45, 2.75) is 13.0 Å². The minimum Gasteiger partial charge on any atom is -0.493 e. The quantitative estimate of drug-likeness (QED) is 0.757. The van der Waals surface area contributed by atoms with Crippen LogP contribution in [0.15, 0.2) is 53.2 Å². The molecule has 128 valence electrons. The first-order chi connectivity index (χ1) is 11.6. The zero-order valence-corrected chi connectivity index (χ0v) is 14.4. The largest absolute Gasteiger partial charge is 0.493 e.